The number of pyridine rings is 1. The maximum Gasteiger partial charge on any atom is 0.127 e. The van der Waals surface area contributed by atoms with Crippen LogP contribution in [0.2, 0.25) is 5.02 Å². The molecule has 1 aromatic carbocycles. The Morgan fingerprint density at radius 1 is 1.21 bits per heavy atom. The number of thiophene rings is 1. The zero-order chi connectivity index (χ0) is 16.5. The fourth-order valence-electron chi connectivity index (χ4n) is 2.98. The number of hydrogen-bond acceptors (Lipinski definition) is 4. The lowest BCUT2D eigenvalue weighted by Gasteiger charge is -2.25. The zero-order valence-electron chi connectivity index (χ0n) is 13.2. The molecule has 4 rings (SSSR count). The number of ether oxygens (including phenoxy) is 1. The summed E-state index contributed by atoms with van der Waals surface area (Å²) in [6.45, 7) is 0.788. The van der Waals surface area contributed by atoms with Gasteiger partial charge < -0.3 is 9.84 Å². The lowest BCUT2D eigenvalue weighted by atomic mass is 9.86. The van der Waals surface area contributed by atoms with Crippen molar-refractivity contribution < 1.29 is 9.84 Å². The van der Waals surface area contributed by atoms with Crippen molar-refractivity contribution in [3.63, 3.8) is 0 Å². The molecule has 0 saturated heterocycles. The second-order valence-corrected chi connectivity index (χ2v) is 7.77. The van der Waals surface area contributed by atoms with Crippen LogP contribution in [0.3, 0.4) is 0 Å². The molecule has 124 valence electrons. The first kappa shape index (κ1) is 15.9. The van der Waals surface area contributed by atoms with Crippen molar-refractivity contribution in [3.05, 3.63) is 46.4 Å². The largest absolute Gasteiger partial charge is 0.493 e. The van der Waals surface area contributed by atoms with Gasteiger partial charge in [0.05, 0.1) is 23.4 Å². The summed E-state index contributed by atoms with van der Waals surface area (Å²) in [5, 5.41) is 10.1. The molecule has 0 spiro atoms. The summed E-state index contributed by atoms with van der Waals surface area (Å²) in [6, 6.07) is 9.69. The molecule has 0 bridgehead atoms. The molecule has 1 saturated carbocycles. The molecule has 3 nitrogen and oxygen atoms in total. The lowest BCUT2D eigenvalue weighted by Crippen LogP contribution is -2.19. The van der Waals surface area contributed by atoms with Crippen molar-refractivity contribution in [3.8, 4) is 16.9 Å². The van der Waals surface area contributed by atoms with E-state index < -0.39 is 0 Å². The first-order valence-corrected chi connectivity index (χ1v) is 9.35. The van der Waals surface area contributed by atoms with Gasteiger partial charge in [0, 0.05) is 27.2 Å². The minimum Gasteiger partial charge on any atom is -0.493 e. The van der Waals surface area contributed by atoms with Gasteiger partial charge in [-0.2, -0.15) is 0 Å². The van der Waals surface area contributed by atoms with Gasteiger partial charge in [0.1, 0.15) is 5.75 Å². The zero-order valence-corrected chi connectivity index (χ0v) is 14.7. The molecule has 5 heteroatoms. The minimum absolute atomic E-state index is 0.0288. The third-order valence-corrected chi connectivity index (χ3v) is 5.93. The summed E-state index contributed by atoms with van der Waals surface area (Å²) in [6.07, 6.45) is 5.62. The van der Waals surface area contributed by atoms with Gasteiger partial charge in [-0.25, -0.2) is 0 Å². The molecular weight excluding hydrogens is 342 g/mol. The normalized spacial score (nSPS) is 14.8. The molecule has 1 aliphatic carbocycles. The number of nitrogens with zero attached hydrogens (tertiary/aromatic N) is 1. The molecule has 0 radical (unpaired) electrons. The number of fused-ring (bicyclic) bond motifs is 1. The maximum absolute atomic E-state index is 9.41. The van der Waals surface area contributed by atoms with E-state index >= 15 is 0 Å². The molecule has 0 atom stereocenters. The Balaban J connectivity index is 1.77. The molecule has 1 aliphatic rings. The number of aliphatic hydroxyl groups is 1. The van der Waals surface area contributed by atoms with Crippen LogP contribution < -0.4 is 4.74 Å². The van der Waals surface area contributed by atoms with Crippen molar-refractivity contribution in [2.45, 2.75) is 25.9 Å². The van der Waals surface area contributed by atoms with Crippen LogP contribution in [-0.4, -0.2) is 16.7 Å². The van der Waals surface area contributed by atoms with Gasteiger partial charge in [-0.15, -0.1) is 11.3 Å². The minimum atomic E-state index is 0.0288. The third kappa shape index (κ3) is 3.02. The smallest absolute Gasteiger partial charge is 0.127 e. The lowest BCUT2D eigenvalue weighted by molar-refractivity contribution is 0.181. The summed E-state index contributed by atoms with van der Waals surface area (Å²) >= 11 is 7.81. The molecule has 2 heterocycles. The van der Waals surface area contributed by atoms with E-state index in [0.717, 1.165) is 38.6 Å². The number of rotatable bonds is 5. The van der Waals surface area contributed by atoms with E-state index in [-0.39, 0.29) is 6.61 Å². The van der Waals surface area contributed by atoms with Crippen molar-refractivity contribution in [1.82, 2.24) is 4.98 Å². The van der Waals surface area contributed by atoms with Gasteiger partial charge in [-0.3, -0.25) is 4.98 Å². The first-order chi connectivity index (χ1) is 11.7. The van der Waals surface area contributed by atoms with Crippen LogP contribution in [0.4, 0.5) is 0 Å². The SMILES string of the molecule is OCc1cc2nccc(-c3cc(Cl)ccc3OCC3CCC3)c2s1. The highest BCUT2D eigenvalue weighted by molar-refractivity contribution is 7.19. The van der Waals surface area contributed by atoms with E-state index in [1.54, 1.807) is 17.5 Å². The predicted molar refractivity (Wildman–Crippen MR) is 98.8 cm³/mol. The van der Waals surface area contributed by atoms with Crippen LogP contribution in [0.1, 0.15) is 24.1 Å². The number of aliphatic hydroxyl groups excluding tert-OH is 1. The Hall–Kier alpha value is -1.62. The second-order valence-electron chi connectivity index (χ2n) is 6.19. The number of aromatic nitrogens is 1. The Bertz CT molecular complexity index is 873. The Morgan fingerprint density at radius 3 is 2.83 bits per heavy atom. The van der Waals surface area contributed by atoms with Crippen LogP contribution >= 0.6 is 22.9 Å². The Labute approximate surface area is 149 Å². The molecule has 3 aromatic rings. The number of halogens is 1. The first-order valence-electron chi connectivity index (χ1n) is 8.15. The molecule has 2 aromatic heterocycles. The summed E-state index contributed by atoms with van der Waals surface area (Å²) in [5.41, 5.74) is 2.93. The average molecular weight is 360 g/mol. The van der Waals surface area contributed by atoms with Crippen LogP contribution in [-0.2, 0) is 6.61 Å². The van der Waals surface area contributed by atoms with Crippen molar-refractivity contribution >= 4 is 33.2 Å². The molecule has 1 N–H and O–H groups in total. The van der Waals surface area contributed by atoms with Gasteiger partial charge in [0.15, 0.2) is 0 Å². The van der Waals surface area contributed by atoms with Gasteiger partial charge in [0.25, 0.3) is 0 Å². The highest BCUT2D eigenvalue weighted by Gasteiger charge is 2.19. The summed E-state index contributed by atoms with van der Waals surface area (Å²) in [5.74, 6) is 1.53. The fourth-order valence-corrected chi connectivity index (χ4v) is 4.16. The topological polar surface area (TPSA) is 42.4 Å². The molecule has 0 unspecified atom stereocenters. The molecular formula is C19H18ClNO2S. The van der Waals surface area contributed by atoms with Crippen LogP contribution in [0, 0.1) is 5.92 Å². The fraction of sp³-hybridized carbons (Fsp3) is 0.316. The van der Waals surface area contributed by atoms with Crippen LogP contribution in [0.15, 0.2) is 36.5 Å². The van der Waals surface area contributed by atoms with Gasteiger partial charge in [0.2, 0.25) is 0 Å². The molecule has 0 aliphatic heterocycles. The average Bonchev–Trinajstić information content (AvgIpc) is 2.98. The molecule has 24 heavy (non-hydrogen) atoms. The number of hydrogen-bond donors (Lipinski definition) is 1. The second kappa shape index (κ2) is 6.71. The van der Waals surface area contributed by atoms with Gasteiger partial charge in [-0.1, -0.05) is 18.0 Å². The van der Waals surface area contributed by atoms with Crippen molar-refractivity contribution in [2.24, 2.45) is 5.92 Å². The van der Waals surface area contributed by atoms with E-state index in [4.69, 9.17) is 16.3 Å². The number of benzene rings is 1. The standard InChI is InChI=1S/C19H18ClNO2S/c20-13-4-5-18(23-11-12-2-1-3-12)16(8-13)15-6-7-21-17-9-14(10-22)24-19(15)17/h4-9,12,22H,1-3,10-11H2. The van der Waals surface area contributed by atoms with Crippen molar-refractivity contribution in [2.75, 3.05) is 6.61 Å². The van der Waals surface area contributed by atoms with Gasteiger partial charge in [-0.05, 0) is 49.1 Å². The van der Waals surface area contributed by atoms with E-state index in [1.165, 1.54) is 19.3 Å². The van der Waals surface area contributed by atoms with Crippen molar-refractivity contribution in [1.29, 1.82) is 0 Å². The summed E-state index contributed by atoms with van der Waals surface area (Å²) in [4.78, 5) is 5.32. The Morgan fingerprint density at radius 2 is 2.08 bits per heavy atom. The highest BCUT2D eigenvalue weighted by Crippen LogP contribution is 2.40. The summed E-state index contributed by atoms with van der Waals surface area (Å²) in [7, 11) is 0. The highest BCUT2D eigenvalue weighted by atomic mass is 35.5. The van der Waals surface area contributed by atoms with Crippen LogP contribution in [0.25, 0.3) is 21.3 Å². The monoisotopic (exact) mass is 359 g/mol. The van der Waals surface area contributed by atoms with Crippen LogP contribution in [0.5, 0.6) is 5.75 Å². The third-order valence-electron chi connectivity index (χ3n) is 4.55. The summed E-state index contributed by atoms with van der Waals surface area (Å²) < 4.78 is 7.16. The van der Waals surface area contributed by atoms with E-state index in [1.807, 2.05) is 30.3 Å². The van der Waals surface area contributed by atoms with Gasteiger partial charge >= 0.3 is 0 Å². The molecule has 0 amide bonds. The van der Waals surface area contributed by atoms with E-state index in [0.29, 0.717) is 10.9 Å². The van der Waals surface area contributed by atoms with E-state index in [9.17, 15) is 5.11 Å². The maximum atomic E-state index is 9.41. The van der Waals surface area contributed by atoms with E-state index in [2.05, 4.69) is 4.98 Å². The Kier molecular flexibility index (Phi) is 4.44. The quantitative estimate of drug-likeness (QED) is 0.673. The predicted octanol–water partition coefficient (Wildman–Crippen LogP) is 5.29. The molecule has 1 fully saturated rings.